The molecule has 1 amide bonds. The fraction of sp³-hybridized carbons (Fsp3) is 0.733. The van der Waals surface area contributed by atoms with E-state index in [1.165, 1.54) is 39.2 Å². The Balaban J connectivity index is 1.82. The average Bonchev–Trinajstić information content (AvgIpc) is 2.87. The third-order valence-corrected chi connectivity index (χ3v) is 4.14. The zero-order valence-corrected chi connectivity index (χ0v) is 12.7. The first-order valence-electron chi connectivity index (χ1n) is 7.77. The Morgan fingerprint density at radius 2 is 2.05 bits per heavy atom. The largest absolute Gasteiger partial charge is 0.435 e. The van der Waals surface area contributed by atoms with Gasteiger partial charge in [0, 0.05) is 19.8 Å². The Kier molecular flexibility index (Phi) is 5.47. The molecule has 0 aromatic carbocycles. The predicted octanol–water partition coefficient (Wildman–Crippen LogP) is 3.53. The lowest BCUT2D eigenvalue weighted by molar-refractivity contribution is -0.141. The molecule has 0 spiro atoms. The van der Waals surface area contributed by atoms with E-state index in [1.807, 2.05) is 0 Å². The van der Waals surface area contributed by atoms with Crippen LogP contribution < -0.4 is 5.32 Å². The minimum Gasteiger partial charge on any atom is -0.352 e. The summed E-state index contributed by atoms with van der Waals surface area (Å²) in [6.07, 6.45) is 4.62. The molecule has 1 heterocycles. The van der Waals surface area contributed by atoms with E-state index >= 15 is 0 Å². The first-order valence-corrected chi connectivity index (χ1v) is 7.77. The van der Waals surface area contributed by atoms with E-state index in [2.05, 4.69) is 10.4 Å². The zero-order chi connectivity index (χ0) is 16.2. The quantitative estimate of drug-likeness (QED) is 0.845. The molecular formula is C15H22F3N3O. The van der Waals surface area contributed by atoms with Crippen molar-refractivity contribution in [3.63, 3.8) is 0 Å². The summed E-state index contributed by atoms with van der Waals surface area (Å²) in [5, 5.41) is 5.91. The number of amides is 1. The van der Waals surface area contributed by atoms with E-state index in [1.54, 1.807) is 0 Å². The molecule has 0 atom stereocenters. The minimum absolute atomic E-state index is 0.404. The molecule has 1 saturated carbocycles. The number of alkyl halides is 3. The molecule has 1 aliphatic carbocycles. The summed E-state index contributed by atoms with van der Waals surface area (Å²) >= 11 is 0. The third kappa shape index (κ3) is 4.48. The van der Waals surface area contributed by atoms with Gasteiger partial charge in [0.05, 0.1) is 5.56 Å². The predicted molar refractivity (Wildman–Crippen MR) is 76.4 cm³/mol. The molecular weight excluding hydrogens is 295 g/mol. The van der Waals surface area contributed by atoms with Gasteiger partial charge < -0.3 is 5.32 Å². The van der Waals surface area contributed by atoms with Crippen LogP contribution in [0.4, 0.5) is 13.2 Å². The lowest BCUT2D eigenvalue weighted by Gasteiger charge is -2.21. The van der Waals surface area contributed by atoms with E-state index < -0.39 is 23.3 Å². The number of aromatic nitrogens is 2. The molecule has 1 aliphatic rings. The Bertz CT molecular complexity index is 505. The van der Waals surface area contributed by atoms with Gasteiger partial charge in [-0.25, -0.2) is 0 Å². The fourth-order valence-corrected chi connectivity index (χ4v) is 3.03. The van der Waals surface area contributed by atoms with Gasteiger partial charge in [0.25, 0.3) is 5.91 Å². The Labute approximate surface area is 128 Å². The molecule has 0 saturated heterocycles. The molecule has 124 valence electrons. The van der Waals surface area contributed by atoms with E-state index in [-0.39, 0.29) is 0 Å². The fourth-order valence-electron chi connectivity index (χ4n) is 3.03. The van der Waals surface area contributed by atoms with E-state index in [4.69, 9.17) is 0 Å². The summed E-state index contributed by atoms with van der Waals surface area (Å²) in [4.78, 5) is 11.9. The third-order valence-electron chi connectivity index (χ3n) is 4.14. The van der Waals surface area contributed by atoms with Crippen LogP contribution in [0.15, 0.2) is 6.20 Å². The van der Waals surface area contributed by atoms with Gasteiger partial charge in [-0.3, -0.25) is 9.48 Å². The zero-order valence-electron chi connectivity index (χ0n) is 12.7. The highest BCUT2D eigenvalue weighted by molar-refractivity contribution is 5.95. The van der Waals surface area contributed by atoms with E-state index in [0.717, 1.165) is 23.7 Å². The first-order chi connectivity index (χ1) is 10.4. The number of rotatable bonds is 5. The second kappa shape index (κ2) is 7.15. The molecule has 1 N–H and O–H groups in total. The smallest absolute Gasteiger partial charge is 0.352 e. The van der Waals surface area contributed by atoms with Crippen LogP contribution in [0.2, 0.25) is 0 Å². The summed E-state index contributed by atoms with van der Waals surface area (Å²) in [5.74, 6) is -0.00107. The molecule has 22 heavy (non-hydrogen) atoms. The standard InChI is InChI=1S/C15H22F3N3O/c1-21-10-12(13(20-21)15(16,17)18)14(22)19-9-5-8-11-6-3-2-4-7-11/h10-11H,2-9H2,1H3,(H,19,22). The minimum atomic E-state index is -4.62. The molecule has 0 bridgehead atoms. The van der Waals surface area contributed by atoms with E-state index in [9.17, 15) is 18.0 Å². The monoisotopic (exact) mass is 317 g/mol. The van der Waals surface area contributed by atoms with Gasteiger partial charge in [0.2, 0.25) is 0 Å². The number of halogens is 3. The van der Waals surface area contributed by atoms with Gasteiger partial charge in [-0.15, -0.1) is 0 Å². The molecule has 7 heteroatoms. The van der Waals surface area contributed by atoms with Gasteiger partial charge in [0.1, 0.15) is 0 Å². The number of carbonyl (C=O) groups excluding carboxylic acids is 1. The van der Waals surface area contributed by atoms with Crippen LogP contribution in [0.1, 0.15) is 61.0 Å². The Hall–Kier alpha value is -1.53. The van der Waals surface area contributed by atoms with Crippen molar-refractivity contribution in [2.45, 2.75) is 51.1 Å². The van der Waals surface area contributed by atoms with Crippen LogP contribution >= 0.6 is 0 Å². The second-order valence-corrected chi connectivity index (χ2v) is 5.96. The number of nitrogens with one attached hydrogen (secondary N) is 1. The van der Waals surface area contributed by atoms with Crippen LogP contribution in [-0.4, -0.2) is 22.2 Å². The van der Waals surface area contributed by atoms with Crippen molar-refractivity contribution in [1.82, 2.24) is 15.1 Å². The lowest BCUT2D eigenvalue weighted by atomic mass is 9.86. The van der Waals surface area contributed by atoms with Crippen LogP contribution in [0.3, 0.4) is 0 Å². The maximum Gasteiger partial charge on any atom is 0.435 e. The highest BCUT2D eigenvalue weighted by Gasteiger charge is 2.38. The average molecular weight is 317 g/mol. The van der Waals surface area contributed by atoms with Crippen LogP contribution in [0, 0.1) is 5.92 Å². The topological polar surface area (TPSA) is 46.9 Å². The van der Waals surface area contributed by atoms with E-state index in [0.29, 0.717) is 12.5 Å². The molecule has 1 fully saturated rings. The van der Waals surface area contributed by atoms with Crippen molar-refractivity contribution in [2.24, 2.45) is 13.0 Å². The van der Waals surface area contributed by atoms with Crippen molar-refractivity contribution < 1.29 is 18.0 Å². The molecule has 2 rings (SSSR count). The number of carbonyl (C=O) groups is 1. The second-order valence-electron chi connectivity index (χ2n) is 5.96. The summed E-state index contributed by atoms with van der Waals surface area (Å²) in [6, 6.07) is 0. The van der Waals surface area contributed by atoms with Gasteiger partial charge in [0.15, 0.2) is 5.69 Å². The number of aryl methyl sites for hydroxylation is 1. The molecule has 0 radical (unpaired) electrons. The van der Waals surface area contributed by atoms with Crippen molar-refractivity contribution >= 4 is 5.91 Å². The van der Waals surface area contributed by atoms with Crippen molar-refractivity contribution in [3.05, 3.63) is 17.5 Å². The van der Waals surface area contributed by atoms with Gasteiger partial charge in [-0.1, -0.05) is 32.1 Å². The van der Waals surface area contributed by atoms with Crippen LogP contribution in [-0.2, 0) is 13.2 Å². The Morgan fingerprint density at radius 3 is 2.68 bits per heavy atom. The van der Waals surface area contributed by atoms with Crippen LogP contribution in [0.5, 0.6) is 0 Å². The number of hydrogen-bond donors (Lipinski definition) is 1. The number of nitrogens with zero attached hydrogens (tertiary/aromatic N) is 2. The highest BCUT2D eigenvalue weighted by Crippen LogP contribution is 2.30. The van der Waals surface area contributed by atoms with Gasteiger partial charge in [-0.2, -0.15) is 18.3 Å². The lowest BCUT2D eigenvalue weighted by Crippen LogP contribution is -2.27. The van der Waals surface area contributed by atoms with Gasteiger partial charge in [-0.05, 0) is 18.8 Å². The molecule has 1 aromatic rings. The first kappa shape index (κ1) is 16.8. The summed E-state index contributed by atoms with van der Waals surface area (Å²) in [5.41, 5.74) is -1.53. The molecule has 1 aromatic heterocycles. The SMILES string of the molecule is Cn1cc(C(=O)NCCCC2CCCCC2)c(C(F)(F)F)n1. The van der Waals surface area contributed by atoms with Gasteiger partial charge >= 0.3 is 6.18 Å². The summed E-state index contributed by atoms with van der Waals surface area (Å²) in [7, 11) is 1.37. The summed E-state index contributed by atoms with van der Waals surface area (Å²) in [6.45, 7) is 0.404. The maximum atomic E-state index is 12.8. The van der Waals surface area contributed by atoms with Crippen LogP contribution in [0.25, 0.3) is 0 Å². The normalized spacial score (nSPS) is 16.7. The van der Waals surface area contributed by atoms with Crippen molar-refractivity contribution in [2.75, 3.05) is 6.54 Å². The number of hydrogen-bond acceptors (Lipinski definition) is 2. The maximum absolute atomic E-state index is 12.8. The van der Waals surface area contributed by atoms with Crippen molar-refractivity contribution in [3.8, 4) is 0 Å². The molecule has 0 unspecified atom stereocenters. The Morgan fingerprint density at radius 1 is 1.36 bits per heavy atom. The molecule has 0 aliphatic heterocycles. The van der Waals surface area contributed by atoms with Crippen molar-refractivity contribution in [1.29, 1.82) is 0 Å². The highest BCUT2D eigenvalue weighted by atomic mass is 19.4. The molecule has 4 nitrogen and oxygen atoms in total. The summed E-state index contributed by atoms with van der Waals surface area (Å²) < 4.78 is 39.4.